The van der Waals surface area contributed by atoms with E-state index in [-0.39, 0.29) is 31.9 Å². The summed E-state index contributed by atoms with van der Waals surface area (Å²) in [5.74, 6) is 5.97. The summed E-state index contributed by atoms with van der Waals surface area (Å²) in [6.07, 6.45) is 21.4. The number of H-pyrrole nitrogens is 4. The average molecular weight is 1840 g/mol. The lowest BCUT2D eigenvalue weighted by molar-refractivity contribution is -0.0432. The molecule has 137 heavy (non-hydrogen) atoms. The first-order valence-corrected chi connectivity index (χ1v) is 44.7. The molecule has 3 saturated heterocycles. The van der Waals surface area contributed by atoms with E-state index in [0.717, 1.165) is 164 Å². The van der Waals surface area contributed by atoms with E-state index in [0.29, 0.717) is 106 Å². The van der Waals surface area contributed by atoms with Crippen LogP contribution in [0.4, 0.5) is 87.3 Å². The number of ether oxygens (including phenoxy) is 1. The van der Waals surface area contributed by atoms with E-state index in [2.05, 4.69) is 183 Å². The predicted octanol–water partition coefficient (Wildman–Crippen LogP) is 13.5. The number of hydrogen-bond acceptors (Lipinski definition) is 36. The van der Waals surface area contributed by atoms with Gasteiger partial charge in [0.1, 0.15) is 34.4 Å². The van der Waals surface area contributed by atoms with Gasteiger partial charge in [0, 0.05) is 157 Å². The van der Waals surface area contributed by atoms with E-state index in [1.54, 1.807) is 62.6 Å². The number of nitrogens with zero attached hydrogens (tertiary/aromatic N) is 25. The van der Waals surface area contributed by atoms with E-state index in [4.69, 9.17) is 24.7 Å². The van der Waals surface area contributed by atoms with Crippen LogP contribution < -0.4 is 51.9 Å². The third kappa shape index (κ3) is 20.7. The van der Waals surface area contributed by atoms with Gasteiger partial charge in [-0.15, -0.1) is 13.2 Å². The van der Waals surface area contributed by atoms with Crippen LogP contribution in [0.5, 0.6) is 0 Å². The highest BCUT2D eigenvalue weighted by Crippen LogP contribution is 2.37. The lowest BCUT2D eigenvalue weighted by Gasteiger charge is -2.33. The molecule has 0 amide bonds. The molecule has 3 fully saturated rings. The highest BCUT2D eigenvalue weighted by Gasteiger charge is 2.36. The summed E-state index contributed by atoms with van der Waals surface area (Å²) < 4.78 is 7.69. The lowest BCUT2D eigenvalue weighted by atomic mass is 10.2. The molecular formula is C96H98N36O5. The molecule has 5 aromatic carbocycles. The molecule has 23 rings (SSSR count). The number of anilines is 15. The van der Waals surface area contributed by atoms with Gasteiger partial charge in [0.25, 0.3) is 0 Å². The van der Waals surface area contributed by atoms with Crippen molar-refractivity contribution in [3.63, 3.8) is 0 Å². The summed E-state index contributed by atoms with van der Waals surface area (Å²) in [5, 5.41) is 66.1. The monoisotopic (exact) mass is 1830 g/mol. The Labute approximate surface area is 782 Å². The predicted molar refractivity (Wildman–Crippen MR) is 533 cm³/mol. The summed E-state index contributed by atoms with van der Waals surface area (Å²) in [6.45, 7) is 18.2. The van der Waals surface area contributed by atoms with Gasteiger partial charge in [-0.2, -0.15) is 49.8 Å². The van der Waals surface area contributed by atoms with Crippen molar-refractivity contribution in [2.45, 2.75) is 63.6 Å². The Morgan fingerprint density at radius 2 is 0.803 bits per heavy atom. The van der Waals surface area contributed by atoms with Gasteiger partial charge in [0.05, 0.1) is 85.1 Å². The molecule has 0 radical (unpaired) electrons. The normalized spacial score (nSPS) is 15.3. The Balaban J connectivity index is 0.000000110. The van der Waals surface area contributed by atoms with Gasteiger partial charge in [-0.1, -0.05) is 42.5 Å². The zero-order chi connectivity index (χ0) is 93.7. The molecule has 0 aliphatic carbocycles. The van der Waals surface area contributed by atoms with Crippen molar-refractivity contribution in [2.75, 3.05) is 131 Å². The number of aliphatic hydroxyl groups is 4. The fourth-order valence-electron chi connectivity index (χ4n) is 16.1. The van der Waals surface area contributed by atoms with Crippen molar-refractivity contribution in [2.24, 2.45) is 0 Å². The van der Waals surface area contributed by atoms with Crippen LogP contribution in [0.1, 0.15) is 39.3 Å². The molecule has 692 valence electrons. The van der Waals surface area contributed by atoms with Gasteiger partial charge >= 0.3 is 0 Å². The maximum atomic E-state index is 10.2. The summed E-state index contributed by atoms with van der Waals surface area (Å²) in [5.41, 5.74) is 15.8. The van der Waals surface area contributed by atoms with Crippen molar-refractivity contribution in [3.05, 3.63) is 240 Å². The number of aromatic nitrogens is 25. The molecule has 5 atom stereocenters. The molecule has 15 aromatic heterocycles. The maximum Gasteiger partial charge on any atom is 0.231 e. The number of aromatic amines is 4. The Morgan fingerprint density at radius 1 is 0.431 bits per heavy atom. The molecule has 18 heterocycles. The number of imidazole rings is 5. The summed E-state index contributed by atoms with van der Waals surface area (Å²) in [6, 6.07) is 49.0. The lowest BCUT2D eigenvalue weighted by Crippen LogP contribution is -2.45. The third-order valence-electron chi connectivity index (χ3n) is 23.0. The molecular weight excluding hydrogens is 1740 g/mol. The van der Waals surface area contributed by atoms with Crippen LogP contribution in [-0.2, 0) is 4.74 Å². The second-order valence-corrected chi connectivity index (χ2v) is 32.8. The zero-order valence-electron chi connectivity index (χ0n) is 74.9. The molecule has 41 nitrogen and oxygen atoms in total. The second-order valence-electron chi connectivity index (χ2n) is 32.8. The fourth-order valence-corrected chi connectivity index (χ4v) is 16.1. The topological polar surface area (TPSA) is 513 Å². The van der Waals surface area contributed by atoms with Gasteiger partial charge in [-0.05, 0) is 155 Å². The zero-order valence-corrected chi connectivity index (χ0v) is 74.9. The number of pyridine rings is 5. The van der Waals surface area contributed by atoms with Crippen molar-refractivity contribution < 1.29 is 25.2 Å². The molecule has 15 N–H and O–H groups in total. The van der Waals surface area contributed by atoms with Crippen LogP contribution >= 0.6 is 0 Å². The van der Waals surface area contributed by atoms with Gasteiger partial charge in [-0.3, -0.25) is 29.5 Å². The van der Waals surface area contributed by atoms with Gasteiger partial charge in [0.15, 0.2) is 62.8 Å². The molecule has 20 aromatic rings. The number of likely N-dealkylation sites (N-methyl/N-ethyl adjacent to an activating group) is 1. The quantitative estimate of drug-likeness (QED) is 0.0236. The average Bonchev–Trinajstić information content (AvgIpc) is 1.55. The minimum absolute atomic E-state index is 0.0000693. The Kier molecular flexibility index (Phi) is 26.8. The SMILES string of the molecule is C=CCN(CC=C)c1nc(Nc2ccc3ncccc3c2)nc2nc[nH]c12.CC(CO)Nc1nc(Nc2ccc3ncccc3c2)nc2nc[nH]c12.CN1CCN(c2nc(Nc3ccc4ncccc4c3)nc3nc[nH]c23)CC1.C[C@H](CO)Nc1nc(Nc2ccc3ncccc3c2)nc2nc[nH]c12.OCC1OC(n2cnc3c(N4CCCC4)nc(Nc4ccc5ncccc5c4)nc32)CC1O. The van der Waals surface area contributed by atoms with E-state index >= 15 is 0 Å². The Bertz CT molecular complexity index is 7470. The fraction of sp³-hybridized carbons (Fsp3) is 0.229. The smallest absolute Gasteiger partial charge is 0.231 e. The van der Waals surface area contributed by atoms with E-state index in [9.17, 15) is 20.4 Å². The van der Waals surface area contributed by atoms with E-state index in [1.165, 1.54) is 0 Å². The first-order valence-electron chi connectivity index (χ1n) is 44.7. The summed E-state index contributed by atoms with van der Waals surface area (Å²) >= 11 is 0. The molecule has 0 spiro atoms. The number of nitrogens with one attached hydrogen (secondary N) is 11. The van der Waals surface area contributed by atoms with Crippen LogP contribution in [0.15, 0.2) is 240 Å². The highest BCUT2D eigenvalue weighted by molar-refractivity contribution is 5.93. The van der Waals surface area contributed by atoms with Gasteiger partial charge in [-0.25, -0.2) is 24.9 Å². The van der Waals surface area contributed by atoms with Crippen LogP contribution in [-0.4, -0.2) is 253 Å². The maximum absolute atomic E-state index is 10.2. The number of aliphatic hydroxyl groups excluding tert-OH is 4. The molecule has 3 aliphatic rings. The van der Waals surface area contributed by atoms with Gasteiger partial charge in [0.2, 0.25) is 29.7 Å². The van der Waals surface area contributed by atoms with Crippen LogP contribution in [0.25, 0.3) is 110 Å². The van der Waals surface area contributed by atoms with Crippen molar-refractivity contribution in [3.8, 4) is 0 Å². The standard InChI is InChI=1S/C23H25N7O3.C20H19N7.C19H20N8.2C17H17N7O/c31-12-18-17(32)11-19(33-18)30-13-25-20-21(29-8-1-2-9-29)27-23(28-22(20)30)26-15-5-6-16-14(10-15)4-3-7-24-16;1-3-10-27(11-4-2)19-17-18(23-13-22-17)25-20(26-19)24-15-7-8-16-14(12-15)6-5-9-21-16;1-26-7-9-27(10-8-26)18-16-17(22-12-21-16)24-19(25-18)23-14-4-5-15-13(11-14)3-2-6-20-15;2*1-10(8-25)21-16-14-15(20-9-19-14)23-17(24-16)22-12-4-5-13-11(7-12)3-2-6-18-13/h3-7,10,13,17-19,31-32H,1-2,8-9,11-12H2,(H,26,27,28);3-9,12-13H,1-2,10-11H2,(H2,22,23,24,25,26);2-6,11-12H,7-10H2,1H3,(H2,21,22,23,24,25);2*2-7,9-10,25H,8H2,1H3,(H3,19,20,21,22,23,24)/t;;;10-;/m...1./s1. The van der Waals surface area contributed by atoms with Crippen LogP contribution in [0, 0.1) is 0 Å². The number of fused-ring (bicyclic) bond motifs is 10. The number of rotatable bonds is 25. The van der Waals surface area contributed by atoms with Gasteiger partial charge < -0.3 is 102 Å². The first-order chi connectivity index (χ1) is 67.2. The number of hydrogen-bond donors (Lipinski definition) is 15. The van der Waals surface area contributed by atoms with Crippen molar-refractivity contribution >= 4 is 198 Å². The molecule has 0 bridgehead atoms. The number of benzene rings is 5. The summed E-state index contributed by atoms with van der Waals surface area (Å²) in [4.78, 5) is 111. The number of piperazine rings is 1. The van der Waals surface area contributed by atoms with Crippen molar-refractivity contribution in [1.82, 2.24) is 129 Å². The highest BCUT2D eigenvalue weighted by atomic mass is 16.5. The van der Waals surface area contributed by atoms with Crippen molar-refractivity contribution in [1.29, 1.82) is 0 Å². The minimum Gasteiger partial charge on any atom is -0.394 e. The molecule has 41 heteroatoms. The van der Waals surface area contributed by atoms with E-state index < -0.39 is 18.4 Å². The Morgan fingerprint density at radius 3 is 1.21 bits per heavy atom. The minimum atomic E-state index is -0.735. The van der Waals surface area contributed by atoms with E-state index in [1.807, 2.05) is 176 Å². The third-order valence-corrected chi connectivity index (χ3v) is 23.0. The Hall–Kier alpha value is -16.9. The van der Waals surface area contributed by atoms with Crippen LogP contribution in [0.2, 0.25) is 0 Å². The molecule has 0 saturated carbocycles. The largest absolute Gasteiger partial charge is 0.394 e. The summed E-state index contributed by atoms with van der Waals surface area (Å²) in [7, 11) is 2.14. The molecule has 3 aliphatic heterocycles. The molecule has 4 unspecified atom stereocenters. The second kappa shape index (κ2) is 41.1. The first kappa shape index (κ1) is 89.4. The van der Waals surface area contributed by atoms with Crippen LogP contribution in [0.3, 0.4) is 0 Å².